The summed E-state index contributed by atoms with van der Waals surface area (Å²) in [6.07, 6.45) is 0. The number of aromatic hydroxyl groups is 1. The van der Waals surface area contributed by atoms with Crippen molar-refractivity contribution in [3.8, 4) is 11.5 Å². The van der Waals surface area contributed by atoms with Gasteiger partial charge in [0, 0.05) is 0 Å². The van der Waals surface area contributed by atoms with Gasteiger partial charge in [-0.3, -0.25) is 0 Å². The summed E-state index contributed by atoms with van der Waals surface area (Å²) < 4.78 is 18.0. The van der Waals surface area contributed by atoms with Crippen molar-refractivity contribution >= 4 is 0 Å². The fourth-order valence-electron chi connectivity index (χ4n) is 1.17. The van der Waals surface area contributed by atoms with Crippen LogP contribution in [0.1, 0.15) is 11.6 Å². The van der Waals surface area contributed by atoms with Crippen LogP contribution in [0, 0.1) is 5.82 Å². The summed E-state index contributed by atoms with van der Waals surface area (Å²) in [5.74, 6) is -0.899. The van der Waals surface area contributed by atoms with Crippen LogP contribution in [0.4, 0.5) is 4.39 Å². The van der Waals surface area contributed by atoms with Gasteiger partial charge in [0.15, 0.2) is 11.5 Å². The Morgan fingerprint density at radius 2 is 2.21 bits per heavy atom. The highest BCUT2D eigenvalue weighted by Gasteiger charge is 2.18. The number of phenols is 1. The van der Waals surface area contributed by atoms with E-state index in [1.807, 2.05) is 0 Å². The SMILES string of the molecule is COc1ccc(F)c(C(N)CO)c1O. The highest BCUT2D eigenvalue weighted by atomic mass is 19.1. The van der Waals surface area contributed by atoms with Gasteiger partial charge in [-0.25, -0.2) is 4.39 Å². The molecule has 0 aromatic heterocycles. The molecule has 78 valence electrons. The average molecular weight is 201 g/mol. The molecule has 0 bridgehead atoms. The summed E-state index contributed by atoms with van der Waals surface area (Å²) in [6.45, 7) is -0.447. The second-order valence-electron chi connectivity index (χ2n) is 2.80. The van der Waals surface area contributed by atoms with Crippen molar-refractivity contribution in [3.05, 3.63) is 23.5 Å². The predicted molar refractivity (Wildman–Crippen MR) is 48.6 cm³/mol. The van der Waals surface area contributed by atoms with Gasteiger partial charge in [-0.15, -0.1) is 0 Å². The number of ether oxygens (including phenoxy) is 1. The van der Waals surface area contributed by atoms with Crippen molar-refractivity contribution in [1.29, 1.82) is 0 Å². The number of halogens is 1. The number of methoxy groups -OCH3 is 1. The van der Waals surface area contributed by atoms with Gasteiger partial charge < -0.3 is 20.7 Å². The van der Waals surface area contributed by atoms with Crippen molar-refractivity contribution in [2.24, 2.45) is 5.73 Å². The third-order valence-electron chi connectivity index (χ3n) is 1.91. The van der Waals surface area contributed by atoms with Gasteiger partial charge in [-0.2, -0.15) is 0 Å². The molecule has 0 saturated heterocycles. The molecule has 0 spiro atoms. The van der Waals surface area contributed by atoms with Gasteiger partial charge in [0.1, 0.15) is 5.82 Å². The van der Waals surface area contributed by atoms with E-state index < -0.39 is 18.5 Å². The fourth-order valence-corrected chi connectivity index (χ4v) is 1.17. The Labute approximate surface area is 80.7 Å². The molecule has 4 N–H and O–H groups in total. The van der Waals surface area contributed by atoms with Crippen molar-refractivity contribution < 1.29 is 19.3 Å². The Hall–Kier alpha value is -1.33. The lowest BCUT2D eigenvalue weighted by Crippen LogP contribution is -2.16. The minimum atomic E-state index is -0.954. The zero-order valence-corrected chi connectivity index (χ0v) is 7.70. The highest BCUT2D eigenvalue weighted by molar-refractivity contribution is 5.47. The minimum Gasteiger partial charge on any atom is -0.504 e. The molecule has 0 amide bonds. The van der Waals surface area contributed by atoms with Crippen molar-refractivity contribution in [2.45, 2.75) is 6.04 Å². The molecule has 1 aromatic rings. The number of hydrogen-bond acceptors (Lipinski definition) is 4. The Bertz CT molecular complexity index is 330. The van der Waals surface area contributed by atoms with E-state index in [1.54, 1.807) is 0 Å². The average Bonchev–Trinajstić information content (AvgIpc) is 2.18. The Balaban J connectivity index is 3.25. The fraction of sp³-hybridized carbons (Fsp3) is 0.333. The molecule has 0 fully saturated rings. The van der Waals surface area contributed by atoms with Crippen molar-refractivity contribution in [3.63, 3.8) is 0 Å². The maximum Gasteiger partial charge on any atom is 0.165 e. The zero-order chi connectivity index (χ0) is 10.7. The van der Waals surface area contributed by atoms with Gasteiger partial charge in [0.2, 0.25) is 0 Å². The maximum atomic E-state index is 13.2. The van der Waals surface area contributed by atoms with Crippen LogP contribution in [0.5, 0.6) is 11.5 Å². The molecule has 1 rings (SSSR count). The van der Waals surface area contributed by atoms with Crippen LogP contribution in [-0.2, 0) is 0 Å². The first kappa shape index (κ1) is 10.7. The molecule has 1 unspecified atom stereocenters. The second kappa shape index (κ2) is 4.26. The number of hydrogen-bond donors (Lipinski definition) is 3. The Morgan fingerprint density at radius 1 is 1.57 bits per heavy atom. The molecule has 0 aliphatic carbocycles. The molecule has 1 aromatic carbocycles. The molecule has 0 saturated carbocycles. The first-order valence-corrected chi connectivity index (χ1v) is 4.03. The van der Waals surface area contributed by atoms with Gasteiger partial charge in [-0.05, 0) is 12.1 Å². The smallest absolute Gasteiger partial charge is 0.165 e. The van der Waals surface area contributed by atoms with E-state index in [0.29, 0.717) is 0 Å². The number of rotatable bonds is 3. The van der Waals surface area contributed by atoms with Crippen LogP contribution in [0.3, 0.4) is 0 Å². The molecule has 5 heteroatoms. The van der Waals surface area contributed by atoms with E-state index in [1.165, 1.54) is 13.2 Å². The first-order valence-electron chi connectivity index (χ1n) is 4.03. The third-order valence-corrected chi connectivity index (χ3v) is 1.91. The lowest BCUT2D eigenvalue weighted by atomic mass is 10.1. The van der Waals surface area contributed by atoms with Crippen LogP contribution in [0.2, 0.25) is 0 Å². The zero-order valence-electron chi connectivity index (χ0n) is 7.70. The lowest BCUT2D eigenvalue weighted by molar-refractivity contribution is 0.260. The normalized spacial score (nSPS) is 12.6. The van der Waals surface area contributed by atoms with Crippen LogP contribution in [0.25, 0.3) is 0 Å². The number of phenolic OH excluding ortho intramolecular Hbond substituents is 1. The molecule has 14 heavy (non-hydrogen) atoms. The number of benzene rings is 1. The summed E-state index contributed by atoms with van der Waals surface area (Å²) in [5.41, 5.74) is 5.28. The van der Waals surface area contributed by atoms with E-state index in [-0.39, 0.29) is 17.1 Å². The van der Waals surface area contributed by atoms with Crippen molar-refractivity contribution in [2.75, 3.05) is 13.7 Å². The largest absolute Gasteiger partial charge is 0.504 e. The van der Waals surface area contributed by atoms with Gasteiger partial charge >= 0.3 is 0 Å². The number of aliphatic hydroxyl groups is 1. The van der Waals surface area contributed by atoms with E-state index in [4.69, 9.17) is 15.6 Å². The second-order valence-corrected chi connectivity index (χ2v) is 2.80. The van der Waals surface area contributed by atoms with Crippen LogP contribution < -0.4 is 10.5 Å². The predicted octanol–water partition coefficient (Wildman–Crippen LogP) is 0.532. The Morgan fingerprint density at radius 3 is 2.71 bits per heavy atom. The van der Waals surface area contributed by atoms with E-state index in [2.05, 4.69) is 0 Å². The summed E-state index contributed by atoms with van der Waals surface area (Å²) in [5, 5.41) is 18.3. The topological polar surface area (TPSA) is 75.7 Å². The van der Waals surface area contributed by atoms with Crippen LogP contribution in [0.15, 0.2) is 12.1 Å². The minimum absolute atomic E-state index is 0.130. The van der Waals surface area contributed by atoms with Crippen molar-refractivity contribution in [1.82, 2.24) is 0 Å². The summed E-state index contributed by atoms with van der Waals surface area (Å²) in [4.78, 5) is 0. The summed E-state index contributed by atoms with van der Waals surface area (Å²) >= 11 is 0. The molecule has 0 aliphatic heterocycles. The molecule has 0 heterocycles. The first-order chi connectivity index (χ1) is 6.61. The van der Waals surface area contributed by atoms with E-state index in [9.17, 15) is 9.50 Å². The van der Waals surface area contributed by atoms with E-state index >= 15 is 0 Å². The number of aliphatic hydroxyl groups excluding tert-OH is 1. The van der Waals surface area contributed by atoms with E-state index in [0.717, 1.165) is 6.07 Å². The monoisotopic (exact) mass is 201 g/mol. The third kappa shape index (κ3) is 1.78. The maximum absolute atomic E-state index is 13.2. The molecule has 0 aliphatic rings. The molecular formula is C9H12FNO3. The van der Waals surface area contributed by atoms with Crippen LogP contribution >= 0.6 is 0 Å². The molecule has 0 radical (unpaired) electrons. The molecule has 4 nitrogen and oxygen atoms in total. The Kier molecular flexibility index (Phi) is 3.27. The quantitative estimate of drug-likeness (QED) is 0.666. The lowest BCUT2D eigenvalue weighted by Gasteiger charge is -2.13. The number of nitrogens with two attached hydrogens (primary N) is 1. The molecular weight excluding hydrogens is 189 g/mol. The van der Waals surface area contributed by atoms with Gasteiger partial charge in [-0.1, -0.05) is 0 Å². The van der Waals surface area contributed by atoms with Crippen LogP contribution in [-0.4, -0.2) is 23.9 Å². The molecule has 1 atom stereocenters. The summed E-state index contributed by atoms with van der Waals surface area (Å²) in [6, 6.07) is 1.46. The van der Waals surface area contributed by atoms with Gasteiger partial charge in [0.25, 0.3) is 0 Å². The highest BCUT2D eigenvalue weighted by Crippen LogP contribution is 2.34. The van der Waals surface area contributed by atoms with Gasteiger partial charge in [0.05, 0.1) is 25.3 Å². The summed E-state index contributed by atoms with van der Waals surface area (Å²) in [7, 11) is 1.35. The standard InChI is InChI=1S/C9H12FNO3/c1-14-7-3-2-5(10)8(9(7)13)6(11)4-12/h2-3,6,12-13H,4,11H2,1H3.